The molecule has 2 aromatic rings. The SMILES string of the molecule is N#Cc1nn(-c2c(Cl)cc(OC(F)F)cc2Cl)cc1I. The highest BCUT2D eigenvalue weighted by Gasteiger charge is 2.16. The van der Waals surface area contributed by atoms with Crippen molar-refractivity contribution in [2.45, 2.75) is 6.61 Å². The van der Waals surface area contributed by atoms with Crippen LogP contribution in [0.1, 0.15) is 5.69 Å². The molecule has 0 aliphatic rings. The summed E-state index contributed by atoms with van der Waals surface area (Å²) in [5, 5.41) is 13.0. The van der Waals surface area contributed by atoms with Crippen LogP contribution in [0, 0.1) is 14.9 Å². The van der Waals surface area contributed by atoms with Gasteiger partial charge in [-0.05, 0) is 22.6 Å². The predicted octanol–water partition coefficient (Wildman–Crippen LogP) is 4.26. The number of hydrogen-bond acceptors (Lipinski definition) is 3. The summed E-state index contributed by atoms with van der Waals surface area (Å²) in [5.41, 5.74) is 0.500. The number of aromatic nitrogens is 2. The first kappa shape index (κ1) is 15.3. The van der Waals surface area contributed by atoms with E-state index in [4.69, 9.17) is 28.5 Å². The van der Waals surface area contributed by atoms with E-state index in [1.165, 1.54) is 16.8 Å². The van der Waals surface area contributed by atoms with E-state index < -0.39 is 6.61 Å². The van der Waals surface area contributed by atoms with Crippen LogP contribution in [0.2, 0.25) is 10.0 Å². The quantitative estimate of drug-likeness (QED) is 0.685. The monoisotopic (exact) mass is 429 g/mol. The molecule has 0 aliphatic carbocycles. The minimum atomic E-state index is -2.97. The molecule has 104 valence electrons. The van der Waals surface area contributed by atoms with Crippen molar-refractivity contribution in [2.75, 3.05) is 0 Å². The Morgan fingerprint density at radius 3 is 2.40 bits per heavy atom. The molecule has 0 bridgehead atoms. The van der Waals surface area contributed by atoms with Gasteiger partial charge in [0.2, 0.25) is 0 Å². The van der Waals surface area contributed by atoms with Gasteiger partial charge in [0, 0.05) is 18.3 Å². The van der Waals surface area contributed by atoms with Crippen molar-refractivity contribution in [3.8, 4) is 17.5 Å². The fraction of sp³-hybridized carbons (Fsp3) is 0.0909. The van der Waals surface area contributed by atoms with Gasteiger partial charge in [-0.2, -0.15) is 19.1 Å². The zero-order valence-corrected chi connectivity index (χ0v) is 13.1. The average Bonchev–Trinajstić information content (AvgIpc) is 2.68. The Labute approximate surface area is 136 Å². The van der Waals surface area contributed by atoms with Gasteiger partial charge in [0.25, 0.3) is 0 Å². The number of hydrogen-bond donors (Lipinski definition) is 0. The van der Waals surface area contributed by atoms with E-state index >= 15 is 0 Å². The molecule has 0 unspecified atom stereocenters. The van der Waals surface area contributed by atoms with Crippen molar-refractivity contribution in [1.82, 2.24) is 9.78 Å². The lowest BCUT2D eigenvalue weighted by Crippen LogP contribution is -2.03. The molecule has 0 spiro atoms. The van der Waals surface area contributed by atoms with Crippen molar-refractivity contribution in [3.05, 3.63) is 37.6 Å². The van der Waals surface area contributed by atoms with Gasteiger partial charge in [0.1, 0.15) is 17.5 Å². The Balaban J connectivity index is 2.49. The number of benzene rings is 1. The van der Waals surface area contributed by atoms with Crippen LogP contribution < -0.4 is 4.74 Å². The van der Waals surface area contributed by atoms with Crippen LogP contribution in [0.5, 0.6) is 5.75 Å². The molecule has 0 amide bonds. The highest BCUT2D eigenvalue weighted by Crippen LogP contribution is 2.34. The predicted molar refractivity (Wildman–Crippen MR) is 77.6 cm³/mol. The summed E-state index contributed by atoms with van der Waals surface area (Å²) in [5.74, 6) is -0.152. The van der Waals surface area contributed by atoms with Crippen LogP contribution in [0.15, 0.2) is 18.3 Å². The smallest absolute Gasteiger partial charge is 0.387 e. The Morgan fingerprint density at radius 2 is 1.95 bits per heavy atom. The van der Waals surface area contributed by atoms with E-state index in [0.29, 0.717) is 3.57 Å². The van der Waals surface area contributed by atoms with Crippen LogP contribution in [0.4, 0.5) is 8.78 Å². The summed E-state index contributed by atoms with van der Waals surface area (Å²) in [6.07, 6.45) is 1.56. The number of nitriles is 1. The number of alkyl halides is 2. The largest absolute Gasteiger partial charge is 0.435 e. The van der Waals surface area contributed by atoms with E-state index in [-0.39, 0.29) is 27.2 Å². The van der Waals surface area contributed by atoms with Crippen LogP contribution in [0.3, 0.4) is 0 Å². The molecule has 2 rings (SSSR count). The number of rotatable bonds is 3. The summed E-state index contributed by atoms with van der Waals surface area (Å²) in [4.78, 5) is 0. The molecule has 20 heavy (non-hydrogen) atoms. The molecular formula is C11H4Cl2F2IN3O. The molecule has 1 heterocycles. The highest BCUT2D eigenvalue weighted by molar-refractivity contribution is 14.1. The standard InChI is InChI=1S/C11H4Cl2F2IN3O/c12-6-1-5(20-11(14)15)2-7(13)10(6)19-4-8(16)9(3-17)18-19/h1-2,4,11H. The molecule has 0 saturated carbocycles. The van der Waals surface area contributed by atoms with Crippen LogP contribution in [-0.2, 0) is 0 Å². The van der Waals surface area contributed by atoms with Gasteiger partial charge in [-0.15, -0.1) is 0 Å². The zero-order valence-electron chi connectivity index (χ0n) is 9.45. The molecule has 0 N–H and O–H groups in total. The van der Waals surface area contributed by atoms with Gasteiger partial charge < -0.3 is 4.74 Å². The van der Waals surface area contributed by atoms with Crippen molar-refractivity contribution < 1.29 is 13.5 Å². The van der Waals surface area contributed by atoms with Crippen molar-refractivity contribution in [2.24, 2.45) is 0 Å². The van der Waals surface area contributed by atoms with Gasteiger partial charge in [0.05, 0.1) is 13.6 Å². The van der Waals surface area contributed by atoms with Gasteiger partial charge in [-0.25, -0.2) is 4.68 Å². The fourth-order valence-electron chi connectivity index (χ4n) is 1.48. The zero-order chi connectivity index (χ0) is 14.9. The number of ether oxygens (including phenoxy) is 1. The highest BCUT2D eigenvalue weighted by atomic mass is 127. The fourth-order valence-corrected chi connectivity index (χ4v) is 2.61. The van der Waals surface area contributed by atoms with E-state index in [9.17, 15) is 8.78 Å². The molecule has 0 radical (unpaired) electrons. The molecular weight excluding hydrogens is 426 g/mol. The maximum absolute atomic E-state index is 12.1. The summed E-state index contributed by atoms with van der Waals surface area (Å²) in [6, 6.07) is 4.32. The molecule has 0 saturated heterocycles. The molecule has 0 aliphatic heterocycles. The van der Waals surface area contributed by atoms with Gasteiger partial charge in [-0.1, -0.05) is 23.2 Å². The van der Waals surface area contributed by atoms with Crippen molar-refractivity contribution >= 4 is 45.8 Å². The minimum absolute atomic E-state index is 0.0801. The first-order valence-corrected chi connectivity index (χ1v) is 6.85. The van der Waals surface area contributed by atoms with Crippen molar-refractivity contribution in [1.29, 1.82) is 5.26 Å². The van der Waals surface area contributed by atoms with Crippen LogP contribution in [-0.4, -0.2) is 16.4 Å². The third kappa shape index (κ3) is 3.13. The lowest BCUT2D eigenvalue weighted by Gasteiger charge is -2.10. The van der Waals surface area contributed by atoms with E-state index in [2.05, 4.69) is 9.84 Å². The van der Waals surface area contributed by atoms with Gasteiger partial charge >= 0.3 is 6.61 Å². The topological polar surface area (TPSA) is 50.8 Å². The van der Waals surface area contributed by atoms with E-state index in [0.717, 1.165) is 0 Å². The van der Waals surface area contributed by atoms with Crippen molar-refractivity contribution in [3.63, 3.8) is 0 Å². The number of nitrogens with zero attached hydrogens (tertiary/aromatic N) is 3. The van der Waals surface area contributed by atoms with Gasteiger partial charge in [-0.3, -0.25) is 0 Å². The Kier molecular flexibility index (Phi) is 4.67. The first-order valence-electron chi connectivity index (χ1n) is 5.02. The lowest BCUT2D eigenvalue weighted by molar-refractivity contribution is -0.0498. The van der Waals surface area contributed by atoms with E-state index in [1.54, 1.807) is 6.20 Å². The second-order valence-corrected chi connectivity index (χ2v) is 5.47. The van der Waals surface area contributed by atoms with Gasteiger partial charge in [0.15, 0.2) is 5.69 Å². The molecule has 9 heteroatoms. The third-order valence-corrected chi connectivity index (χ3v) is 3.59. The van der Waals surface area contributed by atoms with Crippen LogP contribution >= 0.6 is 45.8 Å². The molecule has 1 aromatic heterocycles. The minimum Gasteiger partial charge on any atom is -0.435 e. The summed E-state index contributed by atoms with van der Waals surface area (Å²) < 4.78 is 30.5. The summed E-state index contributed by atoms with van der Waals surface area (Å²) in [6.45, 7) is -2.97. The second-order valence-electron chi connectivity index (χ2n) is 3.50. The Bertz CT molecular complexity index is 676. The normalized spacial score (nSPS) is 10.7. The molecule has 4 nitrogen and oxygen atoms in total. The molecule has 0 atom stereocenters. The summed E-state index contributed by atoms with van der Waals surface area (Å²) in [7, 11) is 0. The second kappa shape index (κ2) is 6.11. The summed E-state index contributed by atoms with van der Waals surface area (Å²) >= 11 is 13.9. The molecule has 1 aromatic carbocycles. The third-order valence-electron chi connectivity index (χ3n) is 2.22. The Hall–Kier alpha value is -1.11. The molecule has 0 fully saturated rings. The lowest BCUT2D eigenvalue weighted by atomic mass is 10.3. The maximum Gasteiger partial charge on any atom is 0.387 e. The first-order chi connectivity index (χ1) is 9.42. The maximum atomic E-state index is 12.1. The average molecular weight is 430 g/mol. The Morgan fingerprint density at radius 1 is 1.35 bits per heavy atom. The van der Waals surface area contributed by atoms with E-state index in [1.807, 2.05) is 28.7 Å². The number of halogens is 5. The van der Waals surface area contributed by atoms with Crippen LogP contribution in [0.25, 0.3) is 5.69 Å².